The van der Waals surface area contributed by atoms with Gasteiger partial charge in [-0.05, 0) is 42.0 Å². The minimum Gasteiger partial charge on any atom is -0.488 e. The topological polar surface area (TPSA) is 65.1 Å². The van der Waals surface area contributed by atoms with E-state index < -0.39 is 25.1 Å². The number of hydrogen-bond acceptors (Lipinski definition) is 5. The molecule has 0 N–H and O–H groups in total. The molecule has 0 aromatic heterocycles. The monoisotopic (exact) mass is 437 g/mol. The Labute approximate surface area is 176 Å². The van der Waals surface area contributed by atoms with Crippen LogP contribution < -0.4 is 9.47 Å². The predicted molar refractivity (Wildman–Crippen MR) is 105 cm³/mol. The molecule has 0 unspecified atom stereocenters. The van der Waals surface area contributed by atoms with E-state index in [0.717, 1.165) is 0 Å². The number of carbonyl (C=O) groups excluding carboxylic acids is 2. The summed E-state index contributed by atoms with van der Waals surface area (Å²) in [6.45, 7) is -3.10. The summed E-state index contributed by atoms with van der Waals surface area (Å²) in [5.74, 6) is -0.438. The molecule has 0 aliphatic carbocycles. The van der Waals surface area contributed by atoms with Crippen LogP contribution in [-0.2, 0) is 20.9 Å². The highest BCUT2D eigenvalue weighted by Gasteiger charge is 2.20. The summed E-state index contributed by atoms with van der Waals surface area (Å²) in [7, 11) is 1.54. The molecule has 2 aromatic rings. The molecule has 2 aromatic carbocycles. The van der Waals surface area contributed by atoms with Gasteiger partial charge in [-0.2, -0.15) is 8.78 Å². The van der Waals surface area contributed by atoms with Crippen LogP contribution in [0.25, 0.3) is 6.08 Å². The van der Waals surface area contributed by atoms with Crippen molar-refractivity contribution in [2.75, 3.05) is 20.3 Å². The molecule has 6 nitrogen and oxygen atoms in total. The van der Waals surface area contributed by atoms with Gasteiger partial charge in [0, 0.05) is 24.2 Å². The Morgan fingerprint density at radius 3 is 2.63 bits per heavy atom. The SMILES string of the molecule is CN(Cc1ccc(OC(F)F)cc1)C(=O)COC(=O)C1=Cc2cc(Cl)ccc2OC1. The Bertz CT molecular complexity index is 962. The van der Waals surface area contributed by atoms with Crippen LogP contribution >= 0.6 is 11.6 Å². The summed E-state index contributed by atoms with van der Waals surface area (Å²) in [5.41, 5.74) is 1.63. The maximum atomic E-state index is 12.3. The number of ether oxygens (including phenoxy) is 3. The van der Waals surface area contributed by atoms with Gasteiger partial charge in [0.05, 0.1) is 5.57 Å². The molecule has 0 saturated carbocycles. The lowest BCUT2D eigenvalue weighted by Gasteiger charge is -2.19. The highest BCUT2D eigenvalue weighted by molar-refractivity contribution is 6.30. The molecule has 0 atom stereocenters. The highest BCUT2D eigenvalue weighted by Crippen LogP contribution is 2.29. The molecule has 9 heteroatoms. The number of alkyl halides is 2. The second-order valence-corrected chi connectivity index (χ2v) is 6.93. The molecule has 158 valence electrons. The zero-order chi connectivity index (χ0) is 21.7. The van der Waals surface area contributed by atoms with E-state index in [0.29, 0.717) is 21.9 Å². The van der Waals surface area contributed by atoms with Crippen LogP contribution in [0.2, 0.25) is 5.02 Å². The van der Waals surface area contributed by atoms with Crippen LogP contribution in [0.4, 0.5) is 8.78 Å². The van der Waals surface area contributed by atoms with Gasteiger partial charge >= 0.3 is 12.6 Å². The number of esters is 1. The van der Waals surface area contributed by atoms with Gasteiger partial charge in [0.1, 0.15) is 18.1 Å². The molecule has 0 bridgehead atoms. The van der Waals surface area contributed by atoms with Crippen molar-refractivity contribution in [2.45, 2.75) is 13.2 Å². The summed E-state index contributed by atoms with van der Waals surface area (Å²) < 4.78 is 39.2. The first-order valence-electron chi connectivity index (χ1n) is 8.89. The Morgan fingerprint density at radius 1 is 1.20 bits per heavy atom. The summed E-state index contributed by atoms with van der Waals surface area (Å²) in [5, 5.41) is 0.508. The Hall–Kier alpha value is -3.13. The fourth-order valence-corrected chi connectivity index (χ4v) is 2.92. The molecule has 0 saturated heterocycles. The molecule has 0 spiro atoms. The number of amides is 1. The maximum Gasteiger partial charge on any atom is 0.387 e. The van der Waals surface area contributed by atoms with Crippen molar-refractivity contribution in [3.05, 3.63) is 64.2 Å². The van der Waals surface area contributed by atoms with Gasteiger partial charge in [-0.1, -0.05) is 23.7 Å². The molecule has 30 heavy (non-hydrogen) atoms. The Morgan fingerprint density at radius 2 is 1.93 bits per heavy atom. The number of carbonyl (C=O) groups is 2. The Balaban J connectivity index is 1.51. The van der Waals surface area contributed by atoms with Gasteiger partial charge in [-0.25, -0.2) is 4.79 Å². The van der Waals surface area contributed by atoms with Crippen molar-refractivity contribution in [3.63, 3.8) is 0 Å². The van der Waals surface area contributed by atoms with Crippen molar-refractivity contribution < 1.29 is 32.6 Å². The Kier molecular flexibility index (Phi) is 6.89. The highest BCUT2D eigenvalue weighted by atomic mass is 35.5. The van der Waals surface area contributed by atoms with Crippen molar-refractivity contribution in [2.24, 2.45) is 0 Å². The minimum atomic E-state index is -2.90. The van der Waals surface area contributed by atoms with Crippen LogP contribution in [-0.4, -0.2) is 43.6 Å². The first-order chi connectivity index (χ1) is 14.3. The smallest absolute Gasteiger partial charge is 0.387 e. The molecule has 3 rings (SSSR count). The van der Waals surface area contributed by atoms with E-state index in [4.69, 9.17) is 21.1 Å². The van der Waals surface area contributed by atoms with E-state index in [-0.39, 0.29) is 24.5 Å². The number of halogens is 3. The lowest BCUT2D eigenvalue weighted by atomic mass is 10.1. The lowest BCUT2D eigenvalue weighted by Crippen LogP contribution is -2.31. The maximum absolute atomic E-state index is 12.3. The van der Waals surface area contributed by atoms with E-state index in [1.807, 2.05) is 0 Å². The van der Waals surface area contributed by atoms with Crippen LogP contribution in [0.15, 0.2) is 48.0 Å². The quantitative estimate of drug-likeness (QED) is 0.614. The number of benzene rings is 2. The first kappa shape index (κ1) is 21.6. The van der Waals surface area contributed by atoms with E-state index >= 15 is 0 Å². The predicted octanol–water partition coefficient (Wildman–Crippen LogP) is 3.92. The molecule has 0 radical (unpaired) electrons. The van der Waals surface area contributed by atoms with Gasteiger partial charge in [0.15, 0.2) is 6.61 Å². The van der Waals surface area contributed by atoms with Crippen LogP contribution in [0.5, 0.6) is 11.5 Å². The van der Waals surface area contributed by atoms with Crippen molar-refractivity contribution in [1.82, 2.24) is 4.90 Å². The molecule has 1 heterocycles. The van der Waals surface area contributed by atoms with E-state index in [1.54, 1.807) is 43.5 Å². The summed E-state index contributed by atoms with van der Waals surface area (Å²) in [4.78, 5) is 25.9. The molecule has 1 aliphatic heterocycles. The third kappa shape index (κ3) is 5.70. The van der Waals surface area contributed by atoms with Gasteiger partial charge in [-0.3, -0.25) is 4.79 Å². The largest absolute Gasteiger partial charge is 0.488 e. The zero-order valence-electron chi connectivity index (χ0n) is 15.9. The second kappa shape index (κ2) is 9.58. The molecule has 0 fully saturated rings. The third-order valence-electron chi connectivity index (χ3n) is 4.27. The van der Waals surface area contributed by atoms with Crippen LogP contribution in [0.1, 0.15) is 11.1 Å². The average molecular weight is 438 g/mol. The normalized spacial score (nSPS) is 12.5. The van der Waals surface area contributed by atoms with Crippen molar-refractivity contribution in [3.8, 4) is 11.5 Å². The number of likely N-dealkylation sites (N-methyl/N-ethyl adjacent to an activating group) is 1. The van der Waals surface area contributed by atoms with Gasteiger partial charge in [0.2, 0.25) is 0 Å². The van der Waals surface area contributed by atoms with Crippen LogP contribution in [0, 0.1) is 0 Å². The fraction of sp³-hybridized carbons (Fsp3) is 0.238. The molecular formula is C21H18ClF2NO5. The molecule has 1 amide bonds. The first-order valence-corrected chi connectivity index (χ1v) is 9.27. The van der Waals surface area contributed by atoms with Crippen LogP contribution in [0.3, 0.4) is 0 Å². The standard InChI is InChI=1S/C21H18ClF2NO5/c1-25(10-13-2-5-17(6-3-13)30-21(23)24)19(26)12-29-20(27)15-8-14-9-16(22)4-7-18(14)28-11-15/h2-9,21H,10-12H2,1H3. The average Bonchev–Trinajstić information content (AvgIpc) is 2.72. The number of nitrogens with zero attached hydrogens (tertiary/aromatic N) is 1. The molecular weight excluding hydrogens is 420 g/mol. The van der Waals surface area contributed by atoms with Gasteiger partial charge < -0.3 is 19.1 Å². The summed E-state index contributed by atoms with van der Waals surface area (Å²) in [6.07, 6.45) is 1.62. The van der Waals surface area contributed by atoms with E-state index in [1.165, 1.54) is 17.0 Å². The lowest BCUT2D eigenvalue weighted by molar-refractivity contribution is -0.148. The van der Waals surface area contributed by atoms with Crippen molar-refractivity contribution >= 4 is 29.6 Å². The fourth-order valence-electron chi connectivity index (χ4n) is 2.73. The van der Waals surface area contributed by atoms with E-state index in [2.05, 4.69) is 4.74 Å². The number of rotatable bonds is 7. The van der Waals surface area contributed by atoms with Gasteiger partial charge in [-0.15, -0.1) is 0 Å². The summed E-state index contributed by atoms with van der Waals surface area (Å²) >= 11 is 5.95. The van der Waals surface area contributed by atoms with E-state index in [9.17, 15) is 18.4 Å². The third-order valence-corrected chi connectivity index (χ3v) is 4.50. The number of hydrogen-bond donors (Lipinski definition) is 0. The minimum absolute atomic E-state index is 0.0301. The second-order valence-electron chi connectivity index (χ2n) is 6.49. The zero-order valence-corrected chi connectivity index (χ0v) is 16.7. The molecule has 1 aliphatic rings. The summed E-state index contributed by atoms with van der Waals surface area (Å²) in [6, 6.07) is 11.0. The van der Waals surface area contributed by atoms with Crippen molar-refractivity contribution in [1.29, 1.82) is 0 Å². The number of fused-ring (bicyclic) bond motifs is 1. The van der Waals surface area contributed by atoms with Gasteiger partial charge in [0.25, 0.3) is 5.91 Å².